The van der Waals surface area contributed by atoms with Crippen molar-refractivity contribution in [1.82, 2.24) is 10.2 Å². The summed E-state index contributed by atoms with van der Waals surface area (Å²) < 4.78 is 0. The van der Waals surface area contributed by atoms with Gasteiger partial charge in [0.25, 0.3) is 0 Å². The molecular formula is C11H22N2. The van der Waals surface area contributed by atoms with Crippen LogP contribution in [0.2, 0.25) is 0 Å². The highest BCUT2D eigenvalue weighted by molar-refractivity contribution is 4.87. The van der Waals surface area contributed by atoms with Gasteiger partial charge in [-0.1, -0.05) is 6.92 Å². The van der Waals surface area contributed by atoms with E-state index in [1.807, 2.05) is 0 Å². The second-order valence-electron chi connectivity index (χ2n) is 4.89. The summed E-state index contributed by atoms with van der Waals surface area (Å²) in [7, 11) is 2.31. The van der Waals surface area contributed by atoms with Crippen LogP contribution < -0.4 is 5.32 Å². The Balaban J connectivity index is 1.72. The molecule has 76 valence electrons. The van der Waals surface area contributed by atoms with E-state index < -0.39 is 0 Å². The standard InChI is InChI=1S/C11H22N2/c1-9-7-10(9)8-13(2)11-3-5-12-6-4-11/h9-12H,3-8H2,1-2H3. The van der Waals surface area contributed by atoms with Gasteiger partial charge in [0, 0.05) is 12.6 Å². The summed E-state index contributed by atoms with van der Waals surface area (Å²) in [5.74, 6) is 2.02. The lowest BCUT2D eigenvalue weighted by atomic mass is 10.1. The van der Waals surface area contributed by atoms with Crippen molar-refractivity contribution in [3.05, 3.63) is 0 Å². The van der Waals surface area contributed by atoms with Gasteiger partial charge < -0.3 is 10.2 Å². The van der Waals surface area contributed by atoms with Crippen LogP contribution in [-0.2, 0) is 0 Å². The van der Waals surface area contributed by atoms with E-state index in [4.69, 9.17) is 0 Å². The lowest BCUT2D eigenvalue weighted by molar-refractivity contribution is 0.190. The molecule has 1 saturated carbocycles. The van der Waals surface area contributed by atoms with E-state index in [0.717, 1.165) is 17.9 Å². The molecule has 0 aromatic rings. The largest absolute Gasteiger partial charge is 0.317 e. The Bertz CT molecular complexity index is 163. The zero-order chi connectivity index (χ0) is 9.26. The van der Waals surface area contributed by atoms with Crippen molar-refractivity contribution >= 4 is 0 Å². The second kappa shape index (κ2) is 3.97. The van der Waals surface area contributed by atoms with Crippen molar-refractivity contribution in [2.45, 2.75) is 32.2 Å². The minimum Gasteiger partial charge on any atom is -0.317 e. The fourth-order valence-electron chi connectivity index (χ4n) is 2.42. The predicted octanol–water partition coefficient (Wildman–Crippen LogP) is 1.33. The smallest absolute Gasteiger partial charge is 0.0116 e. The highest BCUT2D eigenvalue weighted by atomic mass is 15.1. The van der Waals surface area contributed by atoms with Gasteiger partial charge in [-0.05, 0) is 51.2 Å². The minimum absolute atomic E-state index is 0.856. The second-order valence-corrected chi connectivity index (χ2v) is 4.89. The van der Waals surface area contributed by atoms with Gasteiger partial charge in [0.2, 0.25) is 0 Å². The van der Waals surface area contributed by atoms with Gasteiger partial charge in [0.15, 0.2) is 0 Å². The zero-order valence-corrected chi connectivity index (χ0v) is 8.92. The molecule has 1 saturated heterocycles. The molecule has 2 heteroatoms. The average Bonchev–Trinajstić information content (AvgIpc) is 2.83. The van der Waals surface area contributed by atoms with Crippen LogP contribution in [0.5, 0.6) is 0 Å². The summed E-state index contributed by atoms with van der Waals surface area (Å²) in [5.41, 5.74) is 0. The highest BCUT2D eigenvalue weighted by Crippen LogP contribution is 2.38. The topological polar surface area (TPSA) is 15.3 Å². The molecule has 1 aliphatic heterocycles. The van der Waals surface area contributed by atoms with Gasteiger partial charge in [-0.3, -0.25) is 0 Å². The van der Waals surface area contributed by atoms with Gasteiger partial charge in [-0.15, -0.1) is 0 Å². The van der Waals surface area contributed by atoms with Gasteiger partial charge in [0.1, 0.15) is 0 Å². The zero-order valence-electron chi connectivity index (χ0n) is 8.92. The molecule has 0 aromatic heterocycles. The lowest BCUT2D eigenvalue weighted by Gasteiger charge is -2.31. The van der Waals surface area contributed by atoms with Gasteiger partial charge in [0.05, 0.1) is 0 Å². The molecule has 2 atom stereocenters. The van der Waals surface area contributed by atoms with E-state index in [1.165, 1.54) is 38.9 Å². The Labute approximate surface area is 81.7 Å². The Morgan fingerprint density at radius 1 is 1.31 bits per heavy atom. The van der Waals surface area contributed by atoms with Gasteiger partial charge >= 0.3 is 0 Å². The van der Waals surface area contributed by atoms with Crippen molar-refractivity contribution in [2.75, 3.05) is 26.7 Å². The van der Waals surface area contributed by atoms with Crippen molar-refractivity contribution in [2.24, 2.45) is 11.8 Å². The molecule has 1 N–H and O–H groups in total. The van der Waals surface area contributed by atoms with Crippen LogP contribution >= 0.6 is 0 Å². The molecule has 2 aliphatic rings. The van der Waals surface area contributed by atoms with Crippen LogP contribution in [-0.4, -0.2) is 37.6 Å². The fourth-order valence-corrected chi connectivity index (χ4v) is 2.42. The third kappa shape index (κ3) is 2.44. The van der Waals surface area contributed by atoms with E-state index in [1.54, 1.807) is 0 Å². The summed E-state index contributed by atoms with van der Waals surface area (Å²) in [6, 6.07) is 0.856. The molecule has 1 heterocycles. The summed E-state index contributed by atoms with van der Waals surface area (Å²) in [4.78, 5) is 2.59. The molecule has 0 amide bonds. The highest BCUT2D eigenvalue weighted by Gasteiger charge is 2.34. The molecule has 0 bridgehead atoms. The third-order valence-electron chi connectivity index (χ3n) is 3.73. The Hall–Kier alpha value is -0.0800. The molecular weight excluding hydrogens is 160 g/mol. The van der Waals surface area contributed by atoms with Crippen LogP contribution in [0.1, 0.15) is 26.2 Å². The first-order valence-electron chi connectivity index (χ1n) is 5.68. The third-order valence-corrected chi connectivity index (χ3v) is 3.73. The summed E-state index contributed by atoms with van der Waals surface area (Å²) >= 11 is 0. The van der Waals surface area contributed by atoms with Crippen LogP contribution in [0.15, 0.2) is 0 Å². The van der Waals surface area contributed by atoms with Crippen molar-refractivity contribution < 1.29 is 0 Å². The maximum atomic E-state index is 3.42. The molecule has 0 spiro atoms. The normalized spacial score (nSPS) is 35.3. The first-order chi connectivity index (χ1) is 6.27. The van der Waals surface area contributed by atoms with Crippen molar-refractivity contribution in [3.63, 3.8) is 0 Å². The summed E-state index contributed by atoms with van der Waals surface area (Å²) in [6.07, 6.45) is 4.16. The number of hydrogen-bond donors (Lipinski definition) is 1. The van der Waals surface area contributed by atoms with E-state index in [-0.39, 0.29) is 0 Å². The molecule has 0 radical (unpaired) electrons. The first-order valence-corrected chi connectivity index (χ1v) is 5.68. The monoisotopic (exact) mass is 182 g/mol. The summed E-state index contributed by atoms with van der Waals surface area (Å²) in [5, 5.41) is 3.42. The van der Waals surface area contributed by atoms with Crippen molar-refractivity contribution in [1.29, 1.82) is 0 Å². The number of piperidine rings is 1. The maximum absolute atomic E-state index is 3.42. The molecule has 1 aliphatic carbocycles. The number of rotatable bonds is 3. The molecule has 13 heavy (non-hydrogen) atoms. The predicted molar refractivity (Wildman–Crippen MR) is 55.8 cm³/mol. The van der Waals surface area contributed by atoms with Crippen LogP contribution in [0.3, 0.4) is 0 Å². The fraction of sp³-hybridized carbons (Fsp3) is 1.00. The number of nitrogens with zero attached hydrogens (tertiary/aromatic N) is 1. The van der Waals surface area contributed by atoms with E-state index in [0.29, 0.717) is 0 Å². The Morgan fingerprint density at radius 2 is 1.92 bits per heavy atom. The number of nitrogens with one attached hydrogen (secondary N) is 1. The van der Waals surface area contributed by atoms with Crippen molar-refractivity contribution in [3.8, 4) is 0 Å². The quantitative estimate of drug-likeness (QED) is 0.708. The Morgan fingerprint density at radius 3 is 2.46 bits per heavy atom. The Kier molecular flexibility index (Phi) is 2.89. The molecule has 2 unspecified atom stereocenters. The van der Waals surface area contributed by atoms with Crippen LogP contribution in [0, 0.1) is 11.8 Å². The first kappa shape index (κ1) is 9.47. The maximum Gasteiger partial charge on any atom is 0.0116 e. The van der Waals surface area contributed by atoms with E-state index in [2.05, 4.69) is 24.2 Å². The van der Waals surface area contributed by atoms with Gasteiger partial charge in [-0.25, -0.2) is 0 Å². The molecule has 0 aromatic carbocycles. The average molecular weight is 182 g/mol. The van der Waals surface area contributed by atoms with Crippen LogP contribution in [0.25, 0.3) is 0 Å². The summed E-state index contributed by atoms with van der Waals surface area (Å²) in [6.45, 7) is 6.15. The SMILES string of the molecule is CC1CC1CN(C)C1CCNCC1. The number of hydrogen-bond acceptors (Lipinski definition) is 2. The lowest BCUT2D eigenvalue weighted by Crippen LogP contribution is -2.41. The minimum atomic E-state index is 0.856. The molecule has 2 nitrogen and oxygen atoms in total. The van der Waals surface area contributed by atoms with Gasteiger partial charge in [-0.2, -0.15) is 0 Å². The van der Waals surface area contributed by atoms with E-state index >= 15 is 0 Å². The molecule has 2 rings (SSSR count). The van der Waals surface area contributed by atoms with E-state index in [9.17, 15) is 0 Å². The molecule has 2 fully saturated rings. The van der Waals surface area contributed by atoms with Crippen LogP contribution in [0.4, 0.5) is 0 Å².